The number of hydrogen-bond donors (Lipinski definition) is 0. The molecule has 0 amide bonds. The fourth-order valence-electron chi connectivity index (χ4n) is 11.8. The second-order valence-corrected chi connectivity index (χ2v) is 18.3. The lowest BCUT2D eigenvalue weighted by atomic mass is 9.67. The van der Waals surface area contributed by atoms with Gasteiger partial charge in [-0.25, -0.2) is 0 Å². The minimum Gasteiger partial charge on any atom is -0.485 e. The Bertz CT molecular complexity index is 3370. The summed E-state index contributed by atoms with van der Waals surface area (Å²) in [6.45, 7) is 4.74. The summed E-state index contributed by atoms with van der Waals surface area (Å²) in [5.74, 6) is 0.985. The van der Waals surface area contributed by atoms with Gasteiger partial charge in [0.05, 0.1) is 5.41 Å². The standard InChI is InChI=1S/C62H45NO/c1-61(2)54-29-14-11-25-47(54)50-34-32-45(38-57(50)61)63(44-33-35-58-53(37-44)60-51-28-10-9-24-46(51)52(39-59(60)64-58)40-18-5-3-6-19-40)43-23-17-22-42(36-43)62(41-20-7-4-8-21-41)55-30-15-12-26-48(55)49-27-13-16-31-56(49)62/h3-39,53,58H,1-2H3. The van der Waals surface area contributed by atoms with Gasteiger partial charge in [0.15, 0.2) is 0 Å². The number of fused-ring (bicyclic) bond motifs is 11. The predicted molar refractivity (Wildman–Crippen MR) is 264 cm³/mol. The highest BCUT2D eigenvalue weighted by atomic mass is 16.5. The fourth-order valence-corrected chi connectivity index (χ4v) is 11.8. The van der Waals surface area contributed by atoms with Gasteiger partial charge in [-0.2, -0.15) is 0 Å². The molecule has 13 rings (SSSR count). The summed E-state index contributed by atoms with van der Waals surface area (Å²) in [4.78, 5) is 2.50. The van der Waals surface area contributed by atoms with Crippen LogP contribution in [0.15, 0.2) is 230 Å². The molecule has 0 fully saturated rings. The average Bonchev–Trinajstić information content (AvgIpc) is 3.95. The normalized spacial score (nSPS) is 17.6. The molecule has 304 valence electrons. The van der Waals surface area contributed by atoms with Gasteiger partial charge in [0.2, 0.25) is 0 Å². The molecule has 2 atom stereocenters. The third-order valence-electron chi connectivity index (χ3n) is 14.7. The smallest absolute Gasteiger partial charge is 0.128 e. The highest BCUT2D eigenvalue weighted by Crippen LogP contribution is 2.57. The summed E-state index contributed by atoms with van der Waals surface area (Å²) in [6.07, 6.45) is 6.94. The van der Waals surface area contributed by atoms with E-state index in [1.807, 2.05) is 0 Å². The van der Waals surface area contributed by atoms with Crippen LogP contribution in [-0.4, -0.2) is 6.10 Å². The Morgan fingerprint density at radius 3 is 1.77 bits per heavy atom. The molecule has 1 heterocycles. The van der Waals surface area contributed by atoms with Crippen LogP contribution >= 0.6 is 0 Å². The van der Waals surface area contributed by atoms with Gasteiger partial charge >= 0.3 is 0 Å². The monoisotopic (exact) mass is 819 g/mol. The molecule has 3 aliphatic carbocycles. The van der Waals surface area contributed by atoms with Crippen molar-refractivity contribution in [1.82, 2.24) is 0 Å². The van der Waals surface area contributed by atoms with Crippen molar-refractivity contribution in [2.45, 2.75) is 36.7 Å². The van der Waals surface area contributed by atoms with E-state index < -0.39 is 5.41 Å². The molecule has 64 heavy (non-hydrogen) atoms. The molecule has 2 heteroatoms. The van der Waals surface area contributed by atoms with Crippen LogP contribution in [0, 0.1) is 0 Å². The van der Waals surface area contributed by atoms with Crippen LogP contribution in [0.25, 0.3) is 44.2 Å². The molecule has 9 aromatic carbocycles. The van der Waals surface area contributed by atoms with Gasteiger partial charge in [0.25, 0.3) is 0 Å². The third-order valence-corrected chi connectivity index (χ3v) is 14.7. The van der Waals surface area contributed by atoms with Crippen molar-refractivity contribution in [2.75, 3.05) is 4.90 Å². The highest BCUT2D eigenvalue weighted by Gasteiger charge is 2.46. The molecule has 2 nitrogen and oxygen atoms in total. The zero-order valence-electron chi connectivity index (χ0n) is 35.9. The second-order valence-electron chi connectivity index (χ2n) is 18.3. The Labute approximate surface area is 375 Å². The maximum atomic E-state index is 6.91. The van der Waals surface area contributed by atoms with E-state index >= 15 is 0 Å². The van der Waals surface area contributed by atoms with Gasteiger partial charge in [-0.05, 0) is 126 Å². The first kappa shape index (κ1) is 36.9. The molecule has 0 bridgehead atoms. The van der Waals surface area contributed by atoms with E-state index in [9.17, 15) is 0 Å². The number of hydrogen-bond acceptors (Lipinski definition) is 2. The number of benzene rings is 9. The molecule has 0 N–H and O–H groups in total. The molecule has 9 aromatic rings. The van der Waals surface area contributed by atoms with Gasteiger partial charge in [0, 0.05) is 34.0 Å². The molecule has 4 aliphatic rings. The van der Waals surface area contributed by atoms with Crippen molar-refractivity contribution < 1.29 is 4.74 Å². The van der Waals surface area contributed by atoms with Crippen LogP contribution in [0.1, 0.15) is 58.7 Å². The van der Waals surface area contributed by atoms with Crippen LogP contribution in [0.3, 0.4) is 0 Å². The number of nitrogens with zero attached hydrogens (tertiary/aromatic N) is 1. The topological polar surface area (TPSA) is 12.5 Å². The fraction of sp³-hybridized carbons (Fsp3) is 0.0968. The lowest BCUT2D eigenvalue weighted by Gasteiger charge is -2.36. The molecule has 0 saturated heterocycles. The number of ether oxygens (including phenoxy) is 1. The molecular weight excluding hydrogens is 775 g/mol. The summed E-state index contributed by atoms with van der Waals surface area (Å²) in [6, 6.07) is 76.4. The van der Waals surface area contributed by atoms with Crippen molar-refractivity contribution in [1.29, 1.82) is 0 Å². The van der Waals surface area contributed by atoms with Crippen molar-refractivity contribution >= 4 is 22.1 Å². The Hall–Kier alpha value is -7.68. The Morgan fingerprint density at radius 2 is 1.03 bits per heavy atom. The predicted octanol–water partition coefficient (Wildman–Crippen LogP) is 15.3. The quantitative estimate of drug-likeness (QED) is 0.166. The zero-order chi connectivity index (χ0) is 42.6. The largest absolute Gasteiger partial charge is 0.485 e. The summed E-state index contributed by atoms with van der Waals surface area (Å²) < 4.78 is 6.91. The summed E-state index contributed by atoms with van der Waals surface area (Å²) in [5, 5.41) is 2.49. The molecule has 0 saturated carbocycles. The van der Waals surface area contributed by atoms with Crippen LogP contribution in [0.2, 0.25) is 0 Å². The minimum absolute atomic E-state index is 0.0229. The molecule has 0 aromatic heterocycles. The minimum atomic E-state index is -0.521. The van der Waals surface area contributed by atoms with Crippen molar-refractivity contribution in [3.05, 3.63) is 269 Å². The maximum Gasteiger partial charge on any atom is 0.128 e. The van der Waals surface area contributed by atoms with E-state index in [0.717, 1.165) is 22.8 Å². The van der Waals surface area contributed by atoms with E-state index in [0.29, 0.717) is 0 Å². The van der Waals surface area contributed by atoms with Crippen molar-refractivity contribution in [3.8, 4) is 39.1 Å². The Balaban J connectivity index is 1.03. The van der Waals surface area contributed by atoms with Gasteiger partial charge in [-0.3, -0.25) is 0 Å². The van der Waals surface area contributed by atoms with Gasteiger partial charge < -0.3 is 9.64 Å². The van der Waals surface area contributed by atoms with Crippen molar-refractivity contribution in [3.63, 3.8) is 0 Å². The van der Waals surface area contributed by atoms with Crippen LogP contribution in [-0.2, 0) is 10.8 Å². The molecule has 2 unspecified atom stereocenters. The van der Waals surface area contributed by atoms with Crippen molar-refractivity contribution in [2.24, 2.45) is 0 Å². The van der Waals surface area contributed by atoms with E-state index in [1.54, 1.807) is 0 Å². The number of rotatable bonds is 6. The Kier molecular flexibility index (Phi) is 8.03. The lowest BCUT2D eigenvalue weighted by molar-refractivity contribution is 0.268. The average molecular weight is 820 g/mol. The van der Waals surface area contributed by atoms with Gasteiger partial charge in [-0.1, -0.05) is 190 Å². The molecule has 0 spiro atoms. The van der Waals surface area contributed by atoms with E-state index in [4.69, 9.17) is 4.74 Å². The number of anilines is 2. The first-order chi connectivity index (χ1) is 31.5. The van der Waals surface area contributed by atoms with E-state index in [-0.39, 0.29) is 17.4 Å². The van der Waals surface area contributed by atoms with E-state index in [2.05, 4.69) is 243 Å². The molecule has 1 aliphatic heterocycles. The van der Waals surface area contributed by atoms with Gasteiger partial charge in [0.1, 0.15) is 11.9 Å². The lowest BCUT2D eigenvalue weighted by Crippen LogP contribution is -2.29. The number of allylic oxidation sites excluding steroid dienone is 1. The first-order valence-corrected chi connectivity index (χ1v) is 22.6. The molecule has 0 radical (unpaired) electrons. The second kappa shape index (κ2) is 13.9. The van der Waals surface area contributed by atoms with Crippen LogP contribution < -0.4 is 9.64 Å². The maximum absolute atomic E-state index is 6.91. The van der Waals surface area contributed by atoms with Crippen LogP contribution in [0.5, 0.6) is 5.75 Å². The Morgan fingerprint density at radius 1 is 0.453 bits per heavy atom. The van der Waals surface area contributed by atoms with E-state index in [1.165, 1.54) is 83.1 Å². The van der Waals surface area contributed by atoms with Gasteiger partial charge in [-0.15, -0.1) is 0 Å². The third kappa shape index (κ3) is 5.20. The summed E-state index contributed by atoms with van der Waals surface area (Å²) >= 11 is 0. The summed E-state index contributed by atoms with van der Waals surface area (Å²) in [7, 11) is 0. The zero-order valence-corrected chi connectivity index (χ0v) is 35.9. The van der Waals surface area contributed by atoms with Crippen LogP contribution in [0.4, 0.5) is 11.4 Å². The highest BCUT2D eigenvalue weighted by molar-refractivity contribution is 6.01. The molecular formula is C62H45NO. The SMILES string of the molecule is CC1(C)c2ccccc2-c2ccc(N(C3=CC4c5c(cc(-c6ccccc6)c6ccccc56)OC4C=C3)c3cccc(C4(c5ccccc5)c5ccccc5-c5ccccc54)c3)cc21. The first-order valence-electron chi connectivity index (χ1n) is 22.6. The summed E-state index contributed by atoms with van der Waals surface area (Å²) in [5.41, 5.74) is 19.4.